The maximum absolute atomic E-state index is 13.1. The molecule has 1 fully saturated rings. The van der Waals surface area contributed by atoms with Crippen molar-refractivity contribution in [2.24, 2.45) is 0 Å². The average Bonchev–Trinajstić information content (AvgIpc) is 3.05. The number of carbonyl (C=O) groups excluding carboxylic acids is 3. The van der Waals surface area contributed by atoms with E-state index in [0.717, 1.165) is 42.6 Å². The lowest BCUT2D eigenvalue weighted by molar-refractivity contribution is 0.0531. The Kier molecular flexibility index (Phi) is 7.26. The second-order valence-electron chi connectivity index (χ2n) is 7.61. The topological polar surface area (TPSA) is 84.5 Å². The summed E-state index contributed by atoms with van der Waals surface area (Å²) >= 11 is 1.08. The summed E-state index contributed by atoms with van der Waals surface area (Å²) in [4.78, 5) is 38.6. The van der Waals surface area contributed by atoms with Crippen molar-refractivity contribution in [2.45, 2.75) is 58.9 Å². The molecule has 0 atom stereocenters. The molecule has 2 aromatic rings. The third-order valence-electron chi connectivity index (χ3n) is 5.32. The van der Waals surface area contributed by atoms with Crippen LogP contribution in [0.15, 0.2) is 24.3 Å². The lowest BCUT2D eigenvalue weighted by Crippen LogP contribution is -2.36. The predicted octanol–water partition coefficient (Wildman–Crippen LogP) is 4.86. The van der Waals surface area contributed by atoms with E-state index in [1.807, 2.05) is 19.1 Å². The van der Waals surface area contributed by atoms with Crippen molar-refractivity contribution in [1.29, 1.82) is 0 Å². The summed E-state index contributed by atoms with van der Waals surface area (Å²) in [6.45, 7) is 5.64. The molecule has 0 bridgehead atoms. The van der Waals surface area contributed by atoms with Crippen molar-refractivity contribution in [3.05, 3.63) is 51.4 Å². The monoisotopic (exact) mass is 428 g/mol. The molecule has 1 aromatic heterocycles. The van der Waals surface area contributed by atoms with Gasteiger partial charge in [-0.1, -0.05) is 37.0 Å². The highest BCUT2D eigenvalue weighted by Crippen LogP contribution is 2.34. The van der Waals surface area contributed by atoms with Gasteiger partial charge in [-0.3, -0.25) is 9.59 Å². The molecule has 0 radical (unpaired) electrons. The molecule has 2 amide bonds. The van der Waals surface area contributed by atoms with E-state index in [1.54, 1.807) is 26.0 Å². The fourth-order valence-corrected chi connectivity index (χ4v) is 4.74. The summed E-state index contributed by atoms with van der Waals surface area (Å²) in [7, 11) is 0. The predicted molar refractivity (Wildman–Crippen MR) is 118 cm³/mol. The first kappa shape index (κ1) is 22.0. The van der Waals surface area contributed by atoms with Crippen LogP contribution < -0.4 is 10.6 Å². The molecule has 1 aliphatic carbocycles. The quantitative estimate of drug-likeness (QED) is 0.644. The standard InChI is InChI=1S/C23H28N2O4S/c1-4-29-23(28)19-15(3)18(21(27)24-17-8-6-5-7-9-17)22(30-19)25-20(26)16-12-10-14(2)11-13-16/h10-13,17H,4-9H2,1-3H3,(H,24,27)(H,25,26). The molecule has 0 spiro atoms. The van der Waals surface area contributed by atoms with Crippen LogP contribution in [0.25, 0.3) is 0 Å². The van der Waals surface area contributed by atoms with Gasteiger partial charge in [0.2, 0.25) is 0 Å². The number of nitrogens with one attached hydrogen (secondary N) is 2. The van der Waals surface area contributed by atoms with Crippen LogP contribution in [0.2, 0.25) is 0 Å². The molecule has 7 heteroatoms. The van der Waals surface area contributed by atoms with Crippen LogP contribution in [0.3, 0.4) is 0 Å². The summed E-state index contributed by atoms with van der Waals surface area (Å²) in [6.07, 6.45) is 5.28. The van der Waals surface area contributed by atoms with Gasteiger partial charge in [-0.25, -0.2) is 4.79 Å². The lowest BCUT2D eigenvalue weighted by atomic mass is 9.95. The maximum Gasteiger partial charge on any atom is 0.348 e. The van der Waals surface area contributed by atoms with E-state index in [0.29, 0.717) is 26.6 Å². The molecule has 1 aliphatic rings. The molecule has 30 heavy (non-hydrogen) atoms. The van der Waals surface area contributed by atoms with Gasteiger partial charge in [-0.2, -0.15) is 0 Å². The van der Waals surface area contributed by atoms with Crippen LogP contribution in [0, 0.1) is 13.8 Å². The zero-order chi connectivity index (χ0) is 21.7. The summed E-state index contributed by atoms with van der Waals surface area (Å²) in [5, 5.41) is 6.29. The minimum atomic E-state index is -0.484. The van der Waals surface area contributed by atoms with Gasteiger partial charge in [0.05, 0.1) is 12.2 Å². The Labute approximate surface area is 181 Å². The van der Waals surface area contributed by atoms with E-state index in [4.69, 9.17) is 4.74 Å². The zero-order valence-corrected chi connectivity index (χ0v) is 18.5. The first-order valence-electron chi connectivity index (χ1n) is 10.4. The molecule has 3 rings (SSSR count). The highest BCUT2D eigenvalue weighted by Gasteiger charge is 2.28. The van der Waals surface area contributed by atoms with Crippen molar-refractivity contribution in [2.75, 3.05) is 11.9 Å². The van der Waals surface area contributed by atoms with Gasteiger partial charge in [0.1, 0.15) is 9.88 Å². The van der Waals surface area contributed by atoms with Crippen molar-refractivity contribution >= 4 is 34.1 Å². The maximum atomic E-state index is 13.1. The van der Waals surface area contributed by atoms with Crippen LogP contribution in [0.4, 0.5) is 5.00 Å². The molecule has 1 saturated carbocycles. The summed E-state index contributed by atoms with van der Waals surface area (Å²) in [5.74, 6) is -1.06. The summed E-state index contributed by atoms with van der Waals surface area (Å²) < 4.78 is 5.14. The van der Waals surface area contributed by atoms with Gasteiger partial charge < -0.3 is 15.4 Å². The fourth-order valence-electron chi connectivity index (χ4n) is 3.65. The second-order valence-corrected chi connectivity index (χ2v) is 8.63. The molecule has 1 heterocycles. The highest BCUT2D eigenvalue weighted by atomic mass is 32.1. The fraction of sp³-hybridized carbons (Fsp3) is 0.435. The SMILES string of the molecule is CCOC(=O)c1sc(NC(=O)c2ccc(C)cc2)c(C(=O)NC2CCCCC2)c1C. The largest absolute Gasteiger partial charge is 0.462 e. The van der Waals surface area contributed by atoms with E-state index < -0.39 is 5.97 Å². The molecular formula is C23H28N2O4S. The minimum absolute atomic E-state index is 0.122. The van der Waals surface area contributed by atoms with Gasteiger partial charge in [-0.15, -0.1) is 11.3 Å². The van der Waals surface area contributed by atoms with Crippen molar-refractivity contribution in [1.82, 2.24) is 5.32 Å². The number of hydrogen-bond acceptors (Lipinski definition) is 5. The van der Waals surface area contributed by atoms with E-state index in [9.17, 15) is 14.4 Å². The number of thiophene rings is 1. The normalized spacial score (nSPS) is 14.2. The third-order valence-corrected chi connectivity index (χ3v) is 6.50. The number of hydrogen-bond donors (Lipinski definition) is 2. The van der Waals surface area contributed by atoms with Crippen molar-refractivity contribution < 1.29 is 19.1 Å². The van der Waals surface area contributed by atoms with E-state index >= 15 is 0 Å². The van der Waals surface area contributed by atoms with Crippen LogP contribution in [-0.4, -0.2) is 30.4 Å². The second kappa shape index (κ2) is 9.89. The Morgan fingerprint density at radius 2 is 1.70 bits per heavy atom. The first-order valence-corrected chi connectivity index (χ1v) is 11.2. The van der Waals surface area contributed by atoms with Crippen LogP contribution in [0.5, 0.6) is 0 Å². The van der Waals surface area contributed by atoms with Gasteiger partial charge in [0.15, 0.2) is 0 Å². The Morgan fingerprint density at radius 1 is 1.03 bits per heavy atom. The number of anilines is 1. The first-order chi connectivity index (χ1) is 14.4. The van der Waals surface area contributed by atoms with Crippen molar-refractivity contribution in [3.63, 3.8) is 0 Å². The number of aryl methyl sites for hydroxylation is 1. The van der Waals surface area contributed by atoms with Gasteiger partial charge in [0, 0.05) is 11.6 Å². The van der Waals surface area contributed by atoms with Gasteiger partial charge in [-0.05, 0) is 51.3 Å². The molecular weight excluding hydrogens is 400 g/mol. The summed E-state index contributed by atoms with van der Waals surface area (Å²) in [6, 6.07) is 7.31. The number of amides is 2. The molecule has 2 N–H and O–H groups in total. The van der Waals surface area contributed by atoms with E-state index in [1.165, 1.54) is 6.42 Å². The molecule has 0 saturated heterocycles. The lowest BCUT2D eigenvalue weighted by Gasteiger charge is -2.23. The van der Waals surface area contributed by atoms with Gasteiger partial charge in [0.25, 0.3) is 11.8 Å². The highest BCUT2D eigenvalue weighted by molar-refractivity contribution is 7.18. The van der Waals surface area contributed by atoms with E-state index in [2.05, 4.69) is 10.6 Å². The van der Waals surface area contributed by atoms with Crippen LogP contribution in [-0.2, 0) is 4.74 Å². The van der Waals surface area contributed by atoms with E-state index in [-0.39, 0.29) is 24.5 Å². The number of ether oxygens (including phenoxy) is 1. The minimum Gasteiger partial charge on any atom is -0.462 e. The molecule has 1 aromatic carbocycles. The number of esters is 1. The van der Waals surface area contributed by atoms with Gasteiger partial charge >= 0.3 is 5.97 Å². The molecule has 6 nitrogen and oxygen atoms in total. The molecule has 0 aliphatic heterocycles. The Hall–Kier alpha value is -2.67. The smallest absolute Gasteiger partial charge is 0.348 e. The zero-order valence-electron chi connectivity index (χ0n) is 17.7. The molecule has 0 unspecified atom stereocenters. The van der Waals surface area contributed by atoms with Crippen molar-refractivity contribution in [3.8, 4) is 0 Å². The van der Waals surface area contributed by atoms with Crippen LogP contribution in [0.1, 0.15) is 80.5 Å². The summed E-state index contributed by atoms with van der Waals surface area (Å²) in [5.41, 5.74) is 2.42. The number of carbonyl (C=O) groups is 3. The molecule has 160 valence electrons. The Balaban J connectivity index is 1.90. The average molecular weight is 429 g/mol. The number of rotatable bonds is 6. The Morgan fingerprint density at radius 3 is 2.33 bits per heavy atom. The number of benzene rings is 1. The Bertz CT molecular complexity index is 927. The van der Waals surface area contributed by atoms with Crippen LogP contribution >= 0.6 is 11.3 Å². The third kappa shape index (κ3) is 5.08.